The van der Waals surface area contributed by atoms with Crippen LogP contribution in [0.3, 0.4) is 0 Å². The van der Waals surface area contributed by atoms with E-state index in [1.54, 1.807) is 30.3 Å². The van der Waals surface area contributed by atoms with Crippen LogP contribution >= 0.6 is 0 Å². The third-order valence-electron chi connectivity index (χ3n) is 8.43. The number of benzene rings is 2. The SMILES string of the molecule is CCc1nccn1CCC(=O)N1C[C@@H]2C(=O)NCCN(C(=O)c3ccc(OC)c(C)c3)CCCOc3cccc(c3)[C@H]2C1.O=CO. The van der Waals surface area contributed by atoms with Gasteiger partial charge in [0.2, 0.25) is 11.8 Å². The molecule has 3 heterocycles. The molecule has 0 radical (unpaired) electrons. The predicted molar refractivity (Wildman–Crippen MR) is 171 cm³/mol. The summed E-state index contributed by atoms with van der Waals surface area (Å²) in [4.78, 5) is 56.7. The van der Waals surface area contributed by atoms with Crippen LogP contribution < -0.4 is 14.8 Å². The number of carbonyl (C=O) groups excluding carboxylic acids is 3. The molecule has 1 saturated heterocycles. The van der Waals surface area contributed by atoms with Gasteiger partial charge in [0.25, 0.3) is 12.4 Å². The minimum atomic E-state index is -0.407. The number of nitrogens with one attached hydrogen (secondary N) is 1. The molecule has 2 aliphatic rings. The fraction of sp³-hybridized carbons (Fsp3) is 0.441. The van der Waals surface area contributed by atoms with Gasteiger partial charge in [0.1, 0.15) is 17.3 Å². The molecule has 0 aliphatic carbocycles. The summed E-state index contributed by atoms with van der Waals surface area (Å²) in [6.07, 6.45) is 5.45. The first-order valence-corrected chi connectivity index (χ1v) is 15.6. The molecule has 3 aromatic rings. The van der Waals surface area contributed by atoms with E-state index in [-0.39, 0.29) is 30.1 Å². The van der Waals surface area contributed by atoms with E-state index in [9.17, 15) is 14.4 Å². The van der Waals surface area contributed by atoms with Crippen LogP contribution in [0.25, 0.3) is 0 Å². The highest BCUT2D eigenvalue weighted by molar-refractivity contribution is 5.94. The van der Waals surface area contributed by atoms with Crippen LogP contribution in [-0.4, -0.2) is 95.1 Å². The minimum absolute atomic E-state index is 0.0212. The van der Waals surface area contributed by atoms with Crippen molar-refractivity contribution in [3.8, 4) is 11.5 Å². The van der Waals surface area contributed by atoms with Gasteiger partial charge in [0.15, 0.2) is 0 Å². The number of ether oxygens (including phenoxy) is 2. The normalized spacial score (nSPS) is 18.2. The Morgan fingerprint density at radius 2 is 1.91 bits per heavy atom. The first kappa shape index (κ1) is 34.0. The van der Waals surface area contributed by atoms with Crippen molar-refractivity contribution in [2.45, 2.75) is 45.6 Å². The molecule has 2 aromatic carbocycles. The van der Waals surface area contributed by atoms with Gasteiger partial charge in [-0.25, -0.2) is 4.98 Å². The Labute approximate surface area is 269 Å². The van der Waals surface area contributed by atoms with Crippen molar-refractivity contribution < 1.29 is 33.8 Å². The molecular formula is C34H43N5O7. The summed E-state index contributed by atoms with van der Waals surface area (Å²) >= 11 is 0. The van der Waals surface area contributed by atoms with Gasteiger partial charge in [-0.3, -0.25) is 19.2 Å². The molecular weight excluding hydrogens is 590 g/mol. The van der Waals surface area contributed by atoms with Gasteiger partial charge in [-0.05, 0) is 54.8 Å². The van der Waals surface area contributed by atoms with Crippen molar-refractivity contribution in [3.05, 3.63) is 77.4 Å². The topological polar surface area (TPSA) is 143 Å². The van der Waals surface area contributed by atoms with Crippen LogP contribution in [0, 0.1) is 12.8 Å². The highest BCUT2D eigenvalue weighted by atomic mass is 16.5. The molecule has 12 nitrogen and oxygen atoms in total. The maximum atomic E-state index is 13.6. The number of aryl methyl sites for hydroxylation is 3. The van der Waals surface area contributed by atoms with Crippen molar-refractivity contribution in [3.63, 3.8) is 0 Å². The second-order valence-corrected chi connectivity index (χ2v) is 11.3. The summed E-state index contributed by atoms with van der Waals surface area (Å²) in [7, 11) is 1.61. The molecule has 5 rings (SSSR count). The van der Waals surface area contributed by atoms with Gasteiger partial charge in [-0.1, -0.05) is 19.1 Å². The third-order valence-corrected chi connectivity index (χ3v) is 8.43. The average molecular weight is 634 g/mol. The van der Waals surface area contributed by atoms with Gasteiger partial charge < -0.3 is 34.3 Å². The number of likely N-dealkylation sites (tertiary alicyclic amines) is 1. The lowest BCUT2D eigenvalue weighted by atomic mass is 9.88. The number of aromatic nitrogens is 2. The van der Waals surface area contributed by atoms with Crippen molar-refractivity contribution in [1.29, 1.82) is 0 Å². The Hall–Kier alpha value is -4.87. The molecule has 0 saturated carbocycles. The van der Waals surface area contributed by atoms with E-state index in [0.717, 1.165) is 29.1 Å². The largest absolute Gasteiger partial charge is 0.496 e. The van der Waals surface area contributed by atoms with E-state index in [2.05, 4.69) is 10.3 Å². The van der Waals surface area contributed by atoms with Gasteiger partial charge in [-0.2, -0.15) is 0 Å². The number of methoxy groups -OCH3 is 1. The number of hydrogen-bond donors (Lipinski definition) is 2. The molecule has 1 aromatic heterocycles. The molecule has 46 heavy (non-hydrogen) atoms. The zero-order chi connectivity index (χ0) is 33.1. The summed E-state index contributed by atoms with van der Waals surface area (Å²) in [6.45, 7) is 6.70. The van der Waals surface area contributed by atoms with Crippen LogP contribution in [0.2, 0.25) is 0 Å². The molecule has 246 valence electrons. The quantitative estimate of drug-likeness (QED) is 0.394. The monoisotopic (exact) mass is 633 g/mol. The van der Waals surface area contributed by atoms with Crippen molar-refractivity contribution in [2.24, 2.45) is 5.92 Å². The van der Waals surface area contributed by atoms with Gasteiger partial charge in [-0.15, -0.1) is 0 Å². The molecule has 2 aliphatic heterocycles. The van der Waals surface area contributed by atoms with E-state index in [1.165, 1.54) is 0 Å². The fourth-order valence-corrected chi connectivity index (χ4v) is 6.08. The Bertz CT molecular complexity index is 1510. The van der Waals surface area contributed by atoms with Crippen LogP contribution in [0.1, 0.15) is 53.0 Å². The third kappa shape index (κ3) is 8.43. The molecule has 1 fully saturated rings. The smallest absolute Gasteiger partial charge is 0.290 e. The van der Waals surface area contributed by atoms with Crippen LogP contribution in [0.5, 0.6) is 11.5 Å². The minimum Gasteiger partial charge on any atom is -0.496 e. The summed E-state index contributed by atoms with van der Waals surface area (Å²) in [6, 6.07) is 13.2. The highest BCUT2D eigenvalue weighted by Gasteiger charge is 2.40. The predicted octanol–water partition coefficient (Wildman–Crippen LogP) is 3.14. The average Bonchev–Trinajstić information content (AvgIpc) is 3.72. The Morgan fingerprint density at radius 1 is 1.13 bits per heavy atom. The number of hydrogen-bond acceptors (Lipinski definition) is 7. The lowest BCUT2D eigenvalue weighted by Gasteiger charge is -2.25. The molecule has 2 atom stereocenters. The second kappa shape index (κ2) is 16.4. The van der Waals surface area contributed by atoms with Crippen LogP contribution in [0.4, 0.5) is 0 Å². The number of carbonyl (C=O) groups is 4. The first-order chi connectivity index (χ1) is 22.3. The highest BCUT2D eigenvalue weighted by Crippen LogP contribution is 2.35. The number of imidazole rings is 1. The maximum absolute atomic E-state index is 13.6. The summed E-state index contributed by atoms with van der Waals surface area (Å²) in [5.41, 5.74) is 2.44. The van der Waals surface area contributed by atoms with Crippen LogP contribution in [0.15, 0.2) is 54.9 Å². The number of rotatable bonds is 6. The van der Waals surface area contributed by atoms with Crippen LogP contribution in [-0.2, 0) is 27.3 Å². The lowest BCUT2D eigenvalue weighted by Crippen LogP contribution is -2.42. The van der Waals surface area contributed by atoms with E-state index in [4.69, 9.17) is 19.4 Å². The second-order valence-electron chi connectivity index (χ2n) is 11.3. The molecule has 2 N–H and O–H groups in total. The maximum Gasteiger partial charge on any atom is 0.290 e. The molecule has 0 unspecified atom stereocenters. The Morgan fingerprint density at radius 3 is 2.65 bits per heavy atom. The Balaban J connectivity index is 0.00000154. The van der Waals surface area contributed by atoms with Crippen molar-refractivity contribution in [2.75, 3.05) is 46.4 Å². The zero-order valence-electron chi connectivity index (χ0n) is 26.7. The summed E-state index contributed by atoms with van der Waals surface area (Å²) < 4.78 is 13.4. The molecule has 2 bridgehead atoms. The number of amides is 3. The van der Waals surface area contributed by atoms with E-state index < -0.39 is 5.92 Å². The molecule has 12 heteroatoms. The molecule has 3 amide bonds. The standard InChI is InChI=1S/C33H41N5O5.CH2O2/c1-4-30-34-12-16-36(30)15-11-31(39)38-21-27-24-7-5-8-26(20-24)43-18-6-14-37(17-13-35-32(40)28(27)22-38)33(41)25-9-10-29(42-3)23(2)19-25;2-1-3/h5,7-10,12,16,19-20,27-28H,4,6,11,13-15,17-18,21-22H2,1-3H3,(H,35,40);1H,(H,2,3)/t27-,28+;/m1./s1. The summed E-state index contributed by atoms with van der Waals surface area (Å²) in [5, 5.41) is 9.97. The fourth-order valence-electron chi connectivity index (χ4n) is 6.08. The lowest BCUT2D eigenvalue weighted by molar-refractivity contribution is -0.131. The number of carboxylic acid groups (broad SMARTS) is 1. The zero-order valence-corrected chi connectivity index (χ0v) is 26.7. The van der Waals surface area contributed by atoms with E-state index in [1.807, 2.05) is 59.8 Å². The van der Waals surface area contributed by atoms with Gasteiger partial charge >= 0.3 is 0 Å². The Kier molecular flexibility index (Phi) is 12.2. The van der Waals surface area contributed by atoms with Gasteiger partial charge in [0.05, 0.1) is 19.6 Å². The van der Waals surface area contributed by atoms with Gasteiger partial charge in [0, 0.05) is 76.0 Å². The number of nitrogens with zero attached hydrogens (tertiary/aromatic N) is 4. The first-order valence-electron chi connectivity index (χ1n) is 15.6. The number of fused-ring (bicyclic) bond motifs is 4. The van der Waals surface area contributed by atoms with E-state index in [0.29, 0.717) is 70.0 Å². The summed E-state index contributed by atoms with van der Waals surface area (Å²) in [5.74, 6) is 1.64. The van der Waals surface area contributed by atoms with Crippen molar-refractivity contribution in [1.82, 2.24) is 24.7 Å². The van der Waals surface area contributed by atoms with Crippen molar-refractivity contribution >= 4 is 24.2 Å². The molecule has 0 spiro atoms. The van der Waals surface area contributed by atoms with E-state index >= 15 is 0 Å².